The normalized spacial score (nSPS) is 39.6. The number of alkyl halides is 28. The van der Waals surface area contributed by atoms with E-state index >= 15 is 0 Å². The average molecular weight is 1690 g/mol. The van der Waals surface area contributed by atoms with Crippen LogP contribution in [0.25, 0.3) is 0 Å². The smallest absolute Gasteiger partial charge is 0.247 e. The van der Waals surface area contributed by atoms with Crippen molar-refractivity contribution in [2.75, 3.05) is 0 Å². The molecule has 0 radical (unpaired) electrons. The van der Waals surface area contributed by atoms with E-state index in [2.05, 4.69) is 69.2 Å². The Kier molecular flexibility index (Phi) is 42.2. The van der Waals surface area contributed by atoms with Gasteiger partial charge in [0.05, 0.1) is 40.9 Å². The summed E-state index contributed by atoms with van der Waals surface area (Å²) in [7, 11) is 0. The zero-order chi connectivity index (χ0) is 93.8. The third-order valence-corrected chi connectivity index (χ3v) is 26.3. The summed E-state index contributed by atoms with van der Waals surface area (Å²) in [6, 6.07) is 0. The lowest BCUT2D eigenvalue weighted by atomic mass is 9.73. The largest absolute Gasteiger partial charge is 0.393 e. The molecule has 0 aliphatic heterocycles. The Bertz CT molecular complexity index is 2600. The molecule has 0 aromatic carbocycles. The van der Waals surface area contributed by atoms with Crippen LogP contribution in [0, 0.1) is 152 Å². The summed E-state index contributed by atoms with van der Waals surface area (Å²) < 4.78 is 379. The Balaban J connectivity index is -0.00000122. The molecule has 112 heavy (non-hydrogen) atoms. The van der Waals surface area contributed by atoms with Gasteiger partial charge in [-0.25, -0.2) is 26.3 Å². The van der Waals surface area contributed by atoms with E-state index in [1.807, 2.05) is 34.6 Å². The molecule has 0 aromatic rings. The van der Waals surface area contributed by atoms with Crippen LogP contribution < -0.4 is 0 Å². The van der Waals surface area contributed by atoms with Crippen LogP contribution in [0.15, 0.2) is 0 Å². The van der Waals surface area contributed by atoms with E-state index in [9.17, 15) is 123 Å². The summed E-state index contributed by atoms with van der Waals surface area (Å²) in [6.07, 6.45) is -19.5. The van der Waals surface area contributed by atoms with E-state index in [1.165, 1.54) is 87.5 Å². The zero-order valence-electron chi connectivity index (χ0n) is 76.3. The minimum absolute atomic E-state index is 0.119. The molecule has 8 rings (SSSR count). The first kappa shape index (κ1) is 106. The van der Waals surface area contributed by atoms with Crippen molar-refractivity contribution in [3.63, 3.8) is 0 Å². The molecule has 8 fully saturated rings. The monoisotopic (exact) mass is 1690 g/mol. The Morgan fingerprint density at radius 2 is 0.643 bits per heavy atom. The fraction of sp³-hybridized carbons (Fsp3) is 1.00. The molecule has 28 heteroatoms. The Hall–Kier alpha value is -1.96. The van der Waals surface area contributed by atoms with Gasteiger partial charge in [0.2, 0.25) is 5.67 Å². The highest BCUT2D eigenvalue weighted by Crippen LogP contribution is 2.65. The topological polar surface area (TPSA) is 0 Å². The van der Waals surface area contributed by atoms with Crippen LogP contribution in [0.1, 0.15) is 309 Å². The van der Waals surface area contributed by atoms with Crippen molar-refractivity contribution >= 4 is 0 Å². The van der Waals surface area contributed by atoms with Crippen LogP contribution in [0.4, 0.5) is 123 Å². The predicted octanol–water partition coefficient (Wildman–Crippen LogP) is 33.5. The molecule has 0 amide bonds. The Morgan fingerprint density at radius 1 is 0.330 bits per heavy atom. The van der Waals surface area contributed by atoms with Crippen molar-refractivity contribution in [3.8, 4) is 0 Å². The molecule has 0 bridgehead atoms. The Labute approximate surface area is 661 Å². The maximum atomic E-state index is 12.9. The van der Waals surface area contributed by atoms with Gasteiger partial charge in [-0.05, 0) is 139 Å². The van der Waals surface area contributed by atoms with Gasteiger partial charge in [0.1, 0.15) is 18.5 Å². The number of hydrogen-bond donors (Lipinski definition) is 0. The molecule has 8 aliphatic carbocycles. The quantitative estimate of drug-likeness (QED) is 0.230. The van der Waals surface area contributed by atoms with E-state index in [4.69, 9.17) is 5.48 Å². The standard InChI is InChI=1S/C10H14F6.2C9H15F3.C8H13F3.2C8H16.C7H7F7.C7H11F3.C6H11F3.2C6H14/c1-4-5(2)8(10(14,15)16)6(3)7(4)9(11,12)13;2*1-6-4-3-5-8(7(6)2)9(10,11)12;1-5-3-6(2)7(4-5)8(9,10)11;2*1-6-4-5-7(2)8(6)3;1-3-5(9,10)4(2,8)7(13,14)6(3,11)12;1-3-5(8)4(2)7(10)6(3)9;1-4-5(2,3)6(7,8)9;2*1-5-6(2,3)4/h4-8H,1-3H3;2*6-8H,3-5H2,1-2H3;5-7H,3-4H2,1-2H3;2*6-8H,4-5H2,1-3H3;3H,1-2H3;3-7H,1-2H3;4H2,1-3H3;2*5H2,1-4H3/t4-,5?,6?,7?,8?;2*6?,7-,8?;5-,6?,7?;;;3-,4?;3-,4?,5?,6?,7?;;;/m1110..00.../s1/i;7D;;;8D;;;;;5D2;. The molecule has 0 spiro atoms. The second-order valence-corrected chi connectivity index (χ2v) is 37.3. The molecular weight excluding hydrogens is 1540 g/mol. The molecule has 678 valence electrons. The number of rotatable bonds is 1. The summed E-state index contributed by atoms with van der Waals surface area (Å²) in [4.78, 5) is 0. The minimum atomic E-state index is -5.36. The fourth-order valence-corrected chi connectivity index (χ4v) is 15.0. The fourth-order valence-electron chi connectivity index (χ4n) is 15.0. The van der Waals surface area contributed by atoms with Crippen LogP contribution in [-0.2, 0) is 0 Å². The molecule has 0 saturated heterocycles. The molecule has 25 atom stereocenters. The highest BCUT2D eigenvalue weighted by molar-refractivity contribution is 5.19. The van der Waals surface area contributed by atoms with E-state index in [0.717, 1.165) is 50.4 Å². The number of hydrogen-bond acceptors (Lipinski definition) is 0. The zero-order valence-corrected chi connectivity index (χ0v) is 72.3. The lowest BCUT2D eigenvalue weighted by Gasteiger charge is -2.35. The molecule has 0 heterocycles. The summed E-state index contributed by atoms with van der Waals surface area (Å²) >= 11 is 0. The van der Waals surface area contributed by atoms with E-state index in [1.54, 1.807) is 27.7 Å². The van der Waals surface area contributed by atoms with Gasteiger partial charge in [-0.3, -0.25) is 0 Å². The van der Waals surface area contributed by atoms with Crippen molar-refractivity contribution < 1.29 is 128 Å². The van der Waals surface area contributed by atoms with Crippen molar-refractivity contribution in [2.24, 2.45) is 152 Å². The summed E-state index contributed by atoms with van der Waals surface area (Å²) in [5.74, 6) is -27.7. The highest BCUT2D eigenvalue weighted by atomic mass is 19.4. The van der Waals surface area contributed by atoms with Crippen LogP contribution >= 0.6 is 0 Å². The predicted molar refractivity (Wildman–Crippen MR) is 397 cm³/mol. The first-order valence-electron chi connectivity index (χ1n) is 42.1. The lowest BCUT2D eigenvalue weighted by Crippen LogP contribution is -2.52. The van der Waals surface area contributed by atoms with Gasteiger partial charge in [0.25, 0.3) is 5.92 Å². The van der Waals surface area contributed by atoms with E-state index in [0.29, 0.717) is 36.5 Å². The molecule has 0 aromatic heterocycles. The highest BCUT2D eigenvalue weighted by Gasteiger charge is 2.88. The third kappa shape index (κ3) is 33.9. The molecule has 0 N–H and O–H groups in total. The summed E-state index contributed by atoms with van der Waals surface area (Å²) in [5, 5.41) is 0. The molecule has 8 saturated carbocycles. The van der Waals surface area contributed by atoms with Gasteiger partial charge in [-0.2, -0.15) is 96.6 Å². The van der Waals surface area contributed by atoms with Crippen molar-refractivity contribution in [1.29, 1.82) is 0 Å². The maximum absolute atomic E-state index is 12.9. The summed E-state index contributed by atoms with van der Waals surface area (Å²) in [6.45, 7) is 50.5. The first-order chi connectivity index (χ1) is 50.9. The number of halogens is 28. The van der Waals surface area contributed by atoms with Crippen molar-refractivity contribution in [2.45, 2.75) is 383 Å². The van der Waals surface area contributed by atoms with E-state index in [-0.39, 0.29) is 67.6 Å². The Morgan fingerprint density at radius 3 is 0.795 bits per heavy atom. The SMILES string of the molecule is CC1C(C(F)(F)F)C(C)[C@@H](C)C1C(F)(F)F.CC1C(F)C(F)[C@@H](C)C1F.CC1CCC(C)C1C.CC1CCCC(C(F)(F)F)[C@@H]1C.CC1C[C@H](C)CC1C(F)(F)F.CCC(C)(C)C.CCC(C)(C)C(F)(F)F.C[C@H]1C(F)(F)C(C)(F)C(F)(F)C1(F)F.[2H]C([2H])(C)C(C)(C)C.[2H]C1(C)C(C)CCC1C.[2H][C@@]1(C)C(C)CCCC1C(F)(F)F. The van der Waals surface area contributed by atoms with Crippen LogP contribution in [0.5, 0.6) is 0 Å². The van der Waals surface area contributed by atoms with Crippen LogP contribution in [-0.4, -0.2) is 79.0 Å². The van der Waals surface area contributed by atoms with Gasteiger partial charge in [0.15, 0.2) is 0 Å². The lowest BCUT2D eigenvalue weighted by molar-refractivity contribution is -0.248. The average Bonchev–Trinajstić information content (AvgIpc) is 1.53. The molecular formula is C84H146F28. The van der Waals surface area contributed by atoms with E-state index < -0.39 is 162 Å². The molecule has 8 aliphatic rings. The molecule has 19 unspecified atom stereocenters. The first-order valence-corrected chi connectivity index (χ1v) is 40.1. The van der Waals surface area contributed by atoms with Crippen molar-refractivity contribution in [3.05, 3.63) is 0 Å². The maximum Gasteiger partial charge on any atom is 0.393 e. The minimum Gasteiger partial charge on any atom is -0.247 e. The van der Waals surface area contributed by atoms with Gasteiger partial charge in [-0.1, -0.05) is 265 Å². The summed E-state index contributed by atoms with van der Waals surface area (Å²) in [5.41, 5.74) is -5.73. The third-order valence-electron chi connectivity index (χ3n) is 26.3. The molecule has 0 nitrogen and oxygen atoms in total. The second-order valence-electron chi connectivity index (χ2n) is 37.3. The van der Waals surface area contributed by atoms with Gasteiger partial charge in [-0.15, -0.1) is 0 Å². The van der Waals surface area contributed by atoms with Crippen molar-refractivity contribution in [1.82, 2.24) is 0 Å². The van der Waals surface area contributed by atoms with Gasteiger partial charge in [0, 0.05) is 17.3 Å². The van der Waals surface area contributed by atoms with Crippen LogP contribution in [0.2, 0.25) is 0 Å². The van der Waals surface area contributed by atoms with Crippen LogP contribution in [0.3, 0.4) is 0 Å². The van der Waals surface area contributed by atoms with Gasteiger partial charge < -0.3 is 0 Å². The van der Waals surface area contributed by atoms with Gasteiger partial charge >= 0.3 is 48.9 Å². The second kappa shape index (κ2) is 44.5.